The number of carbonyl (C=O) groups excluding carboxylic acids is 1. The highest BCUT2D eigenvalue weighted by Crippen LogP contribution is 2.32. The largest absolute Gasteiger partial charge is 0.393 e. The maximum absolute atomic E-state index is 12.3. The quantitative estimate of drug-likeness (QED) is 0.746. The predicted octanol–water partition coefficient (Wildman–Crippen LogP) is 1.62. The third-order valence-electron chi connectivity index (χ3n) is 3.83. The molecule has 0 aromatic carbocycles. The molecule has 1 saturated heterocycles. The molecular formula is C13H24N2O2S. The van der Waals surface area contributed by atoms with Gasteiger partial charge >= 0.3 is 0 Å². The number of hydrogen-bond donors (Lipinski definition) is 2. The van der Waals surface area contributed by atoms with Crippen molar-refractivity contribution in [1.29, 1.82) is 0 Å². The summed E-state index contributed by atoms with van der Waals surface area (Å²) < 4.78 is 5.69. The molecule has 1 fully saturated rings. The zero-order chi connectivity index (χ0) is 13.9. The molecule has 5 atom stereocenters. The molecule has 0 saturated carbocycles. The van der Waals surface area contributed by atoms with Gasteiger partial charge in [0.2, 0.25) is 5.91 Å². The van der Waals surface area contributed by atoms with Crippen LogP contribution in [0.2, 0.25) is 0 Å². The van der Waals surface area contributed by atoms with E-state index < -0.39 is 0 Å². The first kappa shape index (κ1) is 15.4. The predicted molar refractivity (Wildman–Crippen MR) is 76.3 cm³/mol. The minimum Gasteiger partial charge on any atom is -0.393 e. The van der Waals surface area contributed by atoms with Gasteiger partial charge in [0, 0.05) is 12.5 Å². The topological polar surface area (TPSA) is 64.3 Å². The van der Waals surface area contributed by atoms with Gasteiger partial charge in [-0.1, -0.05) is 26.1 Å². The number of ether oxygens (including phenoxy) is 1. The molecule has 5 heteroatoms. The van der Waals surface area contributed by atoms with Gasteiger partial charge in [-0.3, -0.25) is 4.79 Å². The van der Waals surface area contributed by atoms with Gasteiger partial charge in [0.15, 0.2) is 0 Å². The van der Waals surface area contributed by atoms with Crippen LogP contribution < -0.4 is 11.1 Å². The number of rotatable bonds is 5. The lowest BCUT2D eigenvalue weighted by Gasteiger charge is -2.22. The molecule has 5 unspecified atom stereocenters. The molecule has 0 aromatic heterocycles. The SMILES string of the molecule is CCC(CC(N)=S)NC(=O)C1C(C)OC(C)C1C. The Labute approximate surface area is 115 Å². The Morgan fingerprint density at radius 3 is 2.39 bits per heavy atom. The summed E-state index contributed by atoms with van der Waals surface area (Å²) in [6.07, 6.45) is 1.49. The summed E-state index contributed by atoms with van der Waals surface area (Å²) in [5.41, 5.74) is 5.53. The normalized spacial score (nSPS) is 33.1. The van der Waals surface area contributed by atoms with Gasteiger partial charge in [-0.2, -0.15) is 0 Å². The van der Waals surface area contributed by atoms with Gasteiger partial charge in [0.05, 0.1) is 23.1 Å². The van der Waals surface area contributed by atoms with Crippen LogP contribution in [0.4, 0.5) is 0 Å². The second-order valence-corrected chi connectivity index (χ2v) is 5.74. The monoisotopic (exact) mass is 272 g/mol. The van der Waals surface area contributed by atoms with E-state index in [0.29, 0.717) is 11.4 Å². The first-order valence-corrected chi connectivity index (χ1v) is 7.01. The summed E-state index contributed by atoms with van der Waals surface area (Å²) in [7, 11) is 0. The average Bonchev–Trinajstić information content (AvgIpc) is 2.51. The van der Waals surface area contributed by atoms with Crippen LogP contribution in [0.25, 0.3) is 0 Å². The van der Waals surface area contributed by atoms with Crippen LogP contribution in [0.1, 0.15) is 40.5 Å². The van der Waals surface area contributed by atoms with Crippen molar-refractivity contribution in [2.45, 2.75) is 58.8 Å². The van der Waals surface area contributed by atoms with Crippen molar-refractivity contribution in [3.8, 4) is 0 Å². The average molecular weight is 272 g/mol. The highest BCUT2D eigenvalue weighted by atomic mass is 32.1. The first-order valence-electron chi connectivity index (χ1n) is 6.60. The van der Waals surface area contributed by atoms with Crippen molar-refractivity contribution in [3.63, 3.8) is 0 Å². The Bertz CT molecular complexity index is 322. The summed E-state index contributed by atoms with van der Waals surface area (Å²) in [6, 6.07) is 0.0327. The molecule has 0 bridgehead atoms. The maximum Gasteiger partial charge on any atom is 0.226 e. The number of carbonyl (C=O) groups is 1. The Morgan fingerprint density at radius 1 is 1.39 bits per heavy atom. The lowest BCUT2D eigenvalue weighted by atomic mass is 9.88. The fourth-order valence-electron chi connectivity index (χ4n) is 2.56. The van der Waals surface area contributed by atoms with Gasteiger partial charge in [-0.15, -0.1) is 0 Å². The van der Waals surface area contributed by atoms with Crippen LogP contribution >= 0.6 is 12.2 Å². The number of nitrogens with one attached hydrogen (secondary N) is 1. The minimum atomic E-state index is -0.0830. The minimum absolute atomic E-state index is 0.0302. The van der Waals surface area contributed by atoms with Gasteiger partial charge < -0.3 is 15.8 Å². The third-order valence-corrected chi connectivity index (χ3v) is 4.00. The fraction of sp³-hybridized carbons (Fsp3) is 0.846. The van der Waals surface area contributed by atoms with Crippen molar-refractivity contribution in [2.75, 3.05) is 0 Å². The van der Waals surface area contributed by atoms with Crippen molar-refractivity contribution in [1.82, 2.24) is 5.32 Å². The van der Waals surface area contributed by atoms with Gasteiger partial charge in [-0.25, -0.2) is 0 Å². The maximum atomic E-state index is 12.3. The van der Waals surface area contributed by atoms with Crippen LogP contribution in [0.5, 0.6) is 0 Å². The Kier molecular flexibility index (Phi) is 5.53. The van der Waals surface area contributed by atoms with Crippen LogP contribution in [-0.2, 0) is 9.53 Å². The first-order chi connectivity index (χ1) is 8.36. The molecule has 104 valence electrons. The standard InChI is InChI=1S/C13H24N2O2S/c1-5-10(6-11(14)18)15-13(16)12-7(2)8(3)17-9(12)4/h7-10,12H,5-6H2,1-4H3,(H2,14,18)(H,15,16). The van der Waals surface area contributed by atoms with Crippen molar-refractivity contribution < 1.29 is 9.53 Å². The Hall–Kier alpha value is -0.680. The zero-order valence-electron chi connectivity index (χ0n) is 11.6. The summed E-state index contributed by atoms with van der Waals surface area (Å²) in [5, 5.41) is 3.03. The van der Waals surface area contributed by atoms with Crippen LogP contribution in [0, 0.1) is 11.8 Å². The van der Waals surface area contributed by atoms with E-state index >= 15 is 0 Å². The summed E-state index contributed by atoms with van der Waals surface area (Å²) in [4.78, 5) is 12.7. The van der Waals surface area contributed by atoms with E-state index in [1.54, 1.807) is 0 Å². The van der Waals surface area contributed by atoms with Crippen molar-refractivity contribution in [2.24, 2.45) is 17.6 Å². The molecule has 1 amide bonds. The van der Waals surface area contributed by atoms with Gasteiger partial charge in [-0.05, 0) is 26.2 Å². The fourth-order valence-corrected chi connectivity index (χ4v) is 2.76. The molecule has 1 aliphatic rings. The van der Waals surface area contributed by atoms with Gasteiger partial charge in [0.25, 0.3) is 0 Å². The van der Waals surface area contributed by atoms with E-state index in [-0.39, 0.29) is 36.0 Å². The highest BCUT2D eigenvalue weighted by Gasteiger charge is 2.41. The second kappa shape index (κ2) is 6.48. The zero-order valence-corrected chi connectivity index (χ0v) is 12.4. The summed E-state index contributed by atoms with van der Waals surface area (Å²) >= 11 is 4.89. The Balaban J connectivity index is 2.61. The van der Waals surface area contributed by atoms with E-state index in [1.165, 1.54) is 0 Å². The molecule has 4 nitrogen and oxygen atoms in total. The molecule has 1 heterocycles. The van der Waals surface area contributed by atoms with Crippen molar-refractivity contribution in [3.05, 3.63) is 0 Å². The lowest BCUT2D eigenvalue weighted by molar-refractivity contribution is -0.127. The molecule has 1 aliphatic heterocycles. The lowest BCUT2D eigenvalue weighted by Crippen LogP contribution is -2.43. The smallest absolute Gasteiger partial charge is 0.226 e. The van der Waals surface area contributed by atoms with Gasteiger partial charge in [0.1, 0.15) is 0 Å². The Morgan fingerprint density at radius 2 is 2.00 bits per heavy atom. The molecule has 18 heavy (non-hydrogen) atoms. The molecule has 0 radical (unpaired) electrons. The van der Waals surface area contributed by atoms with E-state index in [1.807, 2.05) is 20.8 Å². The van der Waals surface area contributed by atoms with E-state index in [0.717, 1.165) is 6.42 Å². The van der Waals surface area contributed by atoms with E-state index in [2.05, 4.69) is 12.2 Å². The second-order valence-electron chi connectivity index (χ2n) is 5.22. The number of thiocarbonyl (C=S) groups is 1. The number of hydrogen-bond acceptors (Lipinski definition) is 3. The van der Waals surface area contributed by atoms with Crippen molar-refractivity contribution >= 4 is 23.1 Å². The highest BCUT2D eigenvalue weighted by molar-refractivity contribution is 7.80. The molecular weight excluding hydrogens is 248 g/mol. The molecule has 0 spiro atoms. The van der Waals surface area contributed by atoms with Crippen LogP contribution in [0.3, 0.4) is 0 Å². The molecule has 3 N–H and O–H groups in total. The van der Waals surface area contributed by atoms with E-state index in [4.69, 9.17) is 22.7 Å². The van der Waals surface area contributed by atoms with E-state index in [9.17, 15) is 4.79 Å². The summed E-state index contributed by atoms with van der Waals surface area (Å²) in [5.74, 6) is 0.213. The van der Waals surface area contributed by atoms with Crippen LogP contribution in [0.15, 0.2) is 0 Å². The van der Waals surface area contributed by atoms with Crippen LogP contribution in [-0.4, -0.2) is 29.1 Å². The molecule has 0 aliphatic carbocycles. The molecule has 1 rings (SSSR count). The third kappa shape index (κ3) is 3.65. The molecule has 0 aromatic rings. The number of amides is 1. The number of nitrogens with two attached hydrogens (primary N) is 1. The summed E-state index contributed by atoms with van der Waals surface area (Å²) in [6.45, 7) is 8.05.